The number of benzene rings is 1. The van der Waals surface area contributed by atoms with Crippen molar-refractivity contribution in [2.75, 3.05) is 11.9 Å². The third-order valence-corrected chi connectivity index (χ3v) is 2.11. The lowest BCUT2D eigenvalue weighted by atomic mass is 10.1. The summed E-state index contributed by atoms with van der Waals surface area (Å²) in [5.74, 6) is 0.293. The molecule has 1 aromatic carbocycles. The molecule has 0 spiro atoms. The summed E-state index contributed by atoms with van der Waals surface area (Å²) in [4.78, 5) is 27.6. The predicted octanol–water partition coefficient (Wildman–Crippen LogP) is 2.60. The van der Waals surface area contributed by atoms with Gasteiger partial charge in [0.05, 0.1) is 6.61 Å². The van der Waals surface area contributed by atoms with Crippen LogP contribution in [0.15, 0.2) is 24.3 Å². The lowest BCUT2D eigenvalue weighted by Gasteiger charge is -2.09. The monoisotopic (exact) mass is 250 g/mol. The van der Waals surface area contributed by atoms with Crippen molar-refractivity contribution in [2.24, 2.45) is 5.92 Å². The van der Waals surface area contributed by atoms with E-state index in [-0.39, 0.29) is 5.78 Å². The summed E-state index contributed by atoms with van der Waals surface area (Å²) < 4.78 is 0. The van der Waals surface area contributed by atoms with Gasteiger partial charge < -0.3 is 5.32 Å². The lowest BCUT2D eigenvalue weighted by molar-refractivity contribution is 0.0482. The maximum atomic E-state index is 11.4. The third-order valence-electron chi connectivity index (χ3n) is 2.11. The van der Waals surface area contributed by atoms with E-state index in [0.29, 0.717) is 23.8 Å². The zero-order chi connectivity index (χ0) is 13.5. The first kappa shape index (κ1) is 14.2. The second-order valence-corrected chi connectivity index (χ2v) is 4.40. The van der Waals surface area contributed by atoms with Gasteiger partial charge >= 0.3 is 6.03 Å². The van der Waals surface area contributed by atoms with Gasteiger partial charge in [0.1, 0.15) is 0 Å². The Hall–Kier alpha value is -1.88. The molecule has 0 aliphatic carbocycles. The van der Waals surface area contributed by atoms with Crippen molar-refractivity contribution in [1.82, 2.24) is 5.48 Å². The molecule has 0 saturated carbocycles. The Balaban J connectivity index is 2.49. The molecule has 0 saturated heterocycles. The Labute approximate surface area is 106 Å². The van der Waals surface area contributed by atoms with Crippen LogP contribution in [0.4, 0.5) is 10.5 Å². The van der Waals surface area contributed by atoms with Crippen molar-refractivity contribution in [3.8, 4) is 0 Å². The molecule has 0 atom stereocenters. The number of carbonyl (C=O) groups is 2. The molecule has 1 rings (SSSR count). The minimum Gasteiger partial charge on any atom is -0.306 e. The van der Waals surface area contributed by atoms with E-state index in [4.69, 9.17) is 4.84 Å². The van der Waals surface area contributed by atoms with E-state index < -0.39 is 6.03 Å². The summed E-state index contributed by atoms with van der Waals surface area (Å²) in [6, 6.07) is 6.26. The van der Waals surface area contributed by atoms with Crippen LogP contribution in [0.25, 0.3) is 0 Å². The Bertz CT molecular complexity index is 430. The predicted molar refractivity (Wildman–Crippen MR) is 69.4 cm³/mol. The molecule has 0 aliphatic rings. The highest BCUT2D eigenvalue weighted by molar-refractivity contribution is 5.96. The van der Waals surface area contributed by atoms with Crippen molar-refractivity contribution in [3.63, 3.8) is 0 Å². The number of ketones is 1. The second kappa shape index (κ2) is 6.76. The quantitative estimate of drug-likeness (QED) is 0.623. The molecule has 5 nitrogen and oxygen atoms in total. The van der Waals surface area contributed by atoms with Crippen LogP contribution in [0.1, 0.15) is 31.1 Å². The van der Waals surface area contributed by atoms with Crippen molar-refractivity contribution < 1.29 is 14.4 Å². The number of nitrogens with one attached hydrogen (secondary N) is 2. The van der Waals surface area contributed by atoms with E-state index in [1.165, 1.54) is 6.92 Å². The van der Waals surface area contributed by atoms with Gasteiger partial charge in [-0.2, -0.15) is 0 Å². The van der Waals surface area contributed by atoms with Crippen LogP contribution in [0, 0.1) is 5.92 Å². The third kappa shape index (κ3) is 4.97. The zero-order valence-corrected chi connectivity index (χ0v) is 10.8. The Morgan fingerprint density at radius 1 is 1.33 bits per heavy atom. The number of amides is 2. The van der Waals surface area contributed by atoms with Crippen LogP contribution < -0.4 is 10.8 Å². The maximum absolute atomic E-state index is 11.4. The summed E-state index contributed by atoms with van der Waals surface area (Å²) in [6.07, 6.45) is 0. The average molecular weight is 250 g/mol. The molecule has 1 aromatic rings. The molecule has 5 heteroatoms. The SMILES string of the molecule is CC(=O)c1cccc(NC(=O)NOCC(C)C)c1. The molecule has 18 heavy (non-hydrogen) atoms. The number of hydrogen-bond donors (Lipinski definition) is 2. The molecule has 0 radical (unpaired) electrons. The van der Waals surface area contributed by atoms with Crippen LogP contribution in [0.5, 0.6) is 0 Å². The number of hydroxylamine groups is 1. The van der Waals surface area contributed by atoms with Gasteiger partial charge in [0.2, 0.25) is 0 Å². The average Bonchev–Trinajstić information content (AvgIpc) is 2.28. The van der Waals surface area contributed by atoms with Gasteiger partial charge in [-0.05, 0) is 25.0 Å². The molecule has 0 aliphatic heterocycles. The highest BCUT2D eigenvalue weighted by Crippen LogP contribution is 2.10. The van der Waals surface area contributed by atoms with Crippen LogP contribution in [0.2, 0.25) is 0 Å². The van der Waals surface area contributed by atoms with Gasteiger partial charge in [0, 0.05) is 11.3 Å². The van der Waals surface area contributed by atoms with E-state index >= 15 is 0 Å². The fourth-order valence-corrected chi connectivity index (χ4v) is 1.25. The van der Waals surface area contributed by atoms with E-state index in [2.05, 4.69) is 10.8 Å². The molecule has 2 amide bonds. The number of carbonyl (C=O) groups excluding carboxylic acids is 2. The Morgan fingerprint density at radius 3 is 2.67 bits per heavy atom. The zero-order valence-electron chi connectivity index (χ0n) is 10.8. The normalized spacial score (nSPS) is 10.2. The molecular formula is C13H18N2O3. The number of rotatable bonds is 5. The fourth-order valence-electron chi connectivity index (χ4n) is 1.25. The van der Waals surface area contributed by atoms with Crippen molar-refractivity contribution in [3.05, 3.63) is 29.8 Å². The van der Waals surface area contributed by atoms with Crippen LogP contribution in [-0.4, -0.2) is 18.4 Å². The minimum atomic E-state index is -0.462. The summed E-state index contributed by atoms with van der Waals surface area (Å²) in [7, 11) is 0. The van der Waals surface area contributed by atoms with E-state index in [1.807, 2.05) is 13.8 Å². The van der Waals surface area contributed by atoms with Crippen molar-refractivity contribution in [1.29, 1.82) is 0 Å². The largest absolute Gasteiger partial charge is 0.343 e. The van der Waals surface area contributed by atoms with Gasteiger partial charge in [-0.25, -0.2) is 10.3 Å². The van der Waals surface area contributed by atoms with Gasteiger partial charge in [-0.15, -0.1) is 0 Å². The van der Waals surface area contributed by atoms with E-state index in [9.17, 15) is 9.59 Å². The van der Waals surface area contributed by atoms with Gasteiger partial charge in [0.25, 0.3) is 0 Å². The molecule has 2 N–H and O–H groups in total. The summed E-state index contributed by atoms with van der Waals surface area (Å²) in [5, 5.41) is 2.58. The lowest BCUT2D eigenvalue weighted by Crippen LogP contribution is -2.30. The first-order valence-corrected chi connectivity index (χ1v) is 5.79. The fraction of sp³-hybridized carbons (Fsp3) is 0.385. The molecule has 0 fully saturated rings. The Morgan fingerprint density at radius 2 is 2.06 bits per heavy atom. The van der Waals surface area contributed by atoms with Gasteiger partial charge in [0.15, 0.2) is 5.78 Å². The standard InChI is InChI=1S/C13H18N2O3/c1-9(2)8-18-15-13(17)14-12-6-4-5-11(7-12)10(3)16/h4-7,9H,8H2,1-3H3,(H2,14,15,17). The minimum absolute atomic E-state index is 0.0462. The van der Waals surface area contributed by atoms with Crippen LogP contribution in [0.3, 0.4) is 0 Å². The molecule has 0 bridgehead atoms. The Kier molecular flexibility index (Phi) is 5.32. The van der Waals surface area contributed by atoms with Crippen molar-refractivity contribution in [2.45, 2.75) is 20.8 Å². The molecular weight excluding hydrogens is 232 g/mol. The first-order chi connectivity index (χ1) is 8.49. The second-order valence-electron chi connectivity index (χ2n) is 4.40. The molecule has 0 unspecified atom stereocenters. The number of Topliss-reactive ketones (excluding diaryl/α,β-unsaturated/α-hetero) is 1. The molecule has 98 valence electrons. The first-order valence-electron chi connectivity index (χ1n) is 5.79. The number of urea groups is 1. The molecule has 0 heterocycles. The highest BCUT2D eigenvalue weighted by Gasteiger charge is 2.04. The van der Waals surface area contributed by atoms with Gasteiger partial charge in [-0.3, -0.25) is 9.63 Å². The van der Waals surface area contributed by atoms with E-state index in [1.54, 1.807) is 24.3 Å². The van der Waals surface area contributed by atoms with E-state index in [0.717, 1.165) is 0 Å². The molecule has 0 aromatic heterocycles. The van der Waals surface area contributed by atoms with Crippen LogP contribution in [-0.2, 0) is 4.84 Å². The summed E-state index contributed by atoms with van der Waals surface area (Å²) in [6.45, 7) is 5.89. The smallest absolute Gasteiger partial charge is 0.306 e. The maximum Gasteiger partial charge on any atom is 0.343 e. The summed E-state index contributed by atoms with van der Waals surface area (Å²) in [5.41, 5.74) is 3.38. The highest BCUT2D eigenvalue weighted by atomic mass is 16.7. The topological polar surface area (TPSA) is 67.4 Å². The van der Waals surface area contributed by atoms with Crippen LogP contribution >= 0.6 is 0 Å². The number of anilines is 1. The summed E-state index contributed by atoms with van der Waals surface area (Å²) >= 11 is 0. The number of hydrogen-bond acceptors (Lipinski definition) is 3. The van der Waals surface area contributed by atoms with Crippen molar-refractivity contribution >= 4 is 17.5 Å². The van der Waals surface area contributed by atoms with Gasteiger partial charge in [-0.1, -0.05) is 26.0 Å².